The maximum absolute atomic E-state index is 3.73. The van der Waals surface area contributed by atoms with E-state index in [1.54, 1.807) is 0 Å². The summed E-state index contributed by atoms with van der Waals surface area (Å²) in [5.41, 5.74) is 3.12. The largest absolute Gasteiger partial charge is 0.309 e. The third-order valence-electron chi connectivity index (χ3n) is 4.60. The van der Waals surface area contributed by atoms with Crippen molar-refractivity contribution in [1.29, 1.82) is 0 Å². The SMILES string of the molecule is CCCNC(CN1CCCC1(C)C)c1ccc(C)cc1. The van der Waals surface area contributed by atoms with Crippen LogP contribution in [0.4, 0.5) is 0 Å². The molecule has 0 aliphatic carbocycles. The van der Waals surface area contributed by atoms with Crippen molar-refractivity contribution in [3.05, 3.63) is 35.4 Å². The summed E-state index contributed by atoms with van der Waals surface area (Å²) in [6, 6.07) is 9.47. The number of likely N-dealkylation sites (tertiary alicyclic amines) is 1. The van der Waals surface area contributed by atoms with Gasteiger partial charge in [-0.05, 0) is 58.7 Å². The number of aryl methyl sites for hydroxylation is 1. The molecule has 0 spiro atoms. The fourth-order valence-electron chi connectivity index (χ4n) is 3.13. The number of benzene rings is 1. The van der Waals surface area contributed by atoms with Gasteiger partial charge in [-0.15, -0.1) is 0 Å². The first kappa shape index (κ1) is 15.5. The highest BCUT2D eigenvalue weighted by atomic mass is 15.2. The van der Waals surface area contributed by atoms with Gasteiger partial charge in [0.1, 0.15) is 0 Å². The summed E-state index contributed by atoms with van der Waals surface area (Å²) in [7, 11) is 0. The first-order chi connectivity index (χ1) is 9.53. The maximum atomic E-state index is 3.73. The van der Waals surface area contributed by atoms with E-state index in [1.807, 2.05) is 0 Å². The molecule has 1 aliphatic rings. The minimum atomic E-state index is 0.358. The molecule has 1 aliphatic heterocycles. The van der Waals surface area contributed by atoms with E-state index in [4.69, 9.17) is 0 Å². The standard InChI is InChI=1S/C18H30N2/c1-5-12-19-17(16-9-7-15(2)8-10-16)14-20-13-6-11-18(20,3)4/h7-10,17,19H,5-6,11-14H2,1-4H3. The van der Waals surface area contributed by atoms with Crippen LogP contribution in [0, 0.1) is 6.92 Å². The third-order valence-corrected chi connectivity index (χ3v) is 4.60. The molecule has 20 heavy (non-hydrogen) atoms. The molecule has 2 nitrogen and oxygen atoms in total. The minimum Gasteiger partial charge on any atom is -0.309 e. The van der Waals surface area contributed by atoms with E-state index in [1.165, 1.54) is 36.9 Å². The van der Waals surface area contributed by atoms with Crippen LogP contribution < -0.4 is 5.32 Å². The molecule has 1 saturated heterocycles. The zero-order valence-corrected chi connectivity index (χ0v) is 13.6. The fraction of sp³-hybridized carbons (Fsp3) is 0.667. The van der Waals surface area contributed by atoms with Crippen molar-refractivity contribution in [3.8, 4) is 0 Å². The summed E-state index contributed by atoms with van der Waals surface area (Å²) in [5.74, 6) is 0. The van der Waals surface area contributed by atoms with Crippen LogP contribution in [0.15, 0.2) is 24.3 Å². The summed E-state index contributed by atoms with van der Waals surface area (Å²) in [6.45, 7) is 12.6. The highest BCUT2D eigenvalue weighted by Crippen LogP contribution is 2.30. The van der Waals surface area contributed by atoms with Crippen LogP contribution in [-0.2, 0) is 0 Å². The van der Waals surface area contributed by atoms with Crippen LogP contribution in [0.2, 0.25) is 0 Å². The van der Waals surface area contributed by atoms with Gasteiger partial charge in [0.05, 0.1) is 0 Å². The van der Waals surface area contributed by atoms with Gasteiger partial charge in [-0.3, -0.25) is 4.90 Å². The summed E-state index contributed by atoms with van der Waals surface area (Å²) < 4.78 is 0. The summed E-state index contributed by atoms with van der Waals surface area (Å²) in [6.07, 6.45) is 3.84. The number of rotatable bonds is 6. The topological polar surface area (TPSA) is 15.3 Å². The highest BCUT2D eigenvalue weighted by molar-refractivity contribution is 5.24. The molecule has 2 rings (SSSR count). The molecule has 1 unspecified atom stereocenters. The van der Waals surface area contributed by atoms with E-state index in [2.05, 4.69) is 62.2 Å². The lowest BCUT2D eigenvalue weighted by Gasteiger charge is -2.35. The van der Waals surface area contributed by atoms with Gasteiger partial charge in [-0.1, -0.05) is 36.8 Å². The molecule has 0 bridgehead atoms. The van der Waals surface area contributed by atoms with E-state index < -0.39 is 0 Å². The number of hydrogen-bond donors (Lipinski definition) is 1. The van der Waals surface area contributed by atoms with Gasteiger partial charge < -0.3 is 5.32 Å². The molecule has 0 aromatic heterocycles. The Morgan fingerprint density at radius 2 is 1.95 bits per heavy atom. The quantitative estimate of drug-likeness (QED) is 0.846. The van der Waals surface area contributed by atoms with Crippen molar-refractivity contribution >= 4 is 0 Å². The zero-order chi connectivity index (χ0) is 14.6. The van der Waals surface area contributed by atoms with Gasteiger partial charge in [0.25, 0.3) is 0 Å². The Kier molecular flexibility index (Phi) is 5.22. The van der Waals surface area contributed by atoms with Crippen LogP contribution in [0.3, 0.4) is 0 Å². The zero-order valence-electron chi connectivity index (χ0n) is 13.6. The minimum absolute atomic E-state index is 0.358. The Balaban J connectivity index is 2.09. The van der Waals surface area contributed by atoms with Crippen molar-refractivity contribution in [1.82, 2.24) is 10.2 Å². The van der Waals surface area contributed by atoms with E-state index >= 15 is 0 Å². The molecule has 0 radical (unpaired) electrons. The van der Waals surface area contributed by atoms with Crippen LogP contribution in [-0.4, -0.2) is 30.1 Å². The maximum Gasteiger partial charge on any atom is 0.0449 e. The number of hydrogen-bond acceptors (Lipinski definition) is 2. The summed E-state index contributed by atoms with van der Waals surface area (Å²) >= 11 is 0. The molecule has 1 fully saturated rings. The second-order valence-corrected chi connectivity index (χ2v) is 6.78. The van der Waals surface area contributed by atoms with Crippen molar-refractivity contribution in [2.75, 3.05) is 19.6 Å². The second-order valence-electron chi connectivity index (χ2n) is 6.78. The first-order valence-electron chi connectivity index (χ1n) is 8.08. The van der Waals surface area contributed by atoms with Gasteiger partial charge in [0.15, 0.2) is 0 Å². The summed E-state index contributed by atoms with van der Waals surface area (Å²) in [5, 5.41) is 3.73. The van der Waals surface area contributed by atoms with Crippen molar-refractivity contribution < 1.29 is 0 Å². The Bertz CT molecular complexity index is 408. The molecule has 0 amide bonds. The molecule has 112 valence electrons. The van der Waals surface area contributed by atoms with Crippen LogP contribution in [0.1, 0.15) is 57.2 Å². The monoisotopic (exact) mass is 274 g/mol. The molecule has 0 saturated carbocycles. The molecular weight excluding hydrogens is 244 g/mol. The Labute approximate surface area is 124 Å². The molecule has 1 aromatic rings. The van der Waals surface area contributed by atoms with Gasteiger partial charge in [-0.25, -0.2) is 0 Å². The highest BCUT2D eigenvalue weighted by Gasteiger charge is 2.33. The third kappa shape index (κ3) is 3.83. The normalized spacial score (nSPS) is 20.2. The van der Waals surface area contributed by atoms with Crippen molar-refractivity contribution in [2.24, 2.45) is 0 Å². The Morgan fingerprint density at radius 3 is 2.50 bits per heavy atom. The van der Waals surface area contributed by atoms with Gasteiger partial charge >= 0.3 is 0 Å². The Morgan fingerprint density at radius 1 is 1.25 bits per heavy atom. The van der Waals surface area contributed by atoms with E-state index in [-0.39, 0.29) is 0 Å². The lowest BCUT2D eigenvalue weighted by Crippen LogP contribution is -2.43. The lowest BCUT2D eigenvalue weighted by atomic mass is 9.99. The lowest BCUT2D eigenvalue weighted by molar-refractivity contribution is 0.156. The second kappa shape index (κ2) is 6.73. The van der Waals surface area contributed by atoms with Gasteiger partial charge in [-0.2, -0.15) is 0 Å². The molecule has 1 N–H and O–H groups in total. The number of nitrogens with one attached hydrogen (secondary N) is 1. The van der Waals surface area contributed by atoms with Crippen LogP contribution >= 0.6 is 0 Å². The number of nitrogens with zero attached hydrogens (tertiary/aromatic N) is 1. The van der Waals surface area contributed by atoms with Crippen LogP contribution in [0.25, 0.3) is 0 Å². The molecule has 2 heteroatoms. The average molecular weight is 274 g/mol. The Hall–Kier alpha value is -0.860. The fourth-order valence-corrected chi connectivity index (χ4v) is 3.13. The van der Waals surface area contributed by atoms with Crippen molar-refractivity contribution in [2.45, 2.75) is 58.5 Å². The van der Waals surface area contributed by atoms with E-state index in [0.717, 1.165) is 13.1 Å². The molecule has 1 aromatic carbocycles. The molecular formula is C18H30N2. The predicted octanol–water partition coefficient (Wildman–Crippen LogP) is 3.91. The molecule has 1 atom stereocenters. The first-order valence-corrected chi connectivity index (χ1v) is 8.08. The van der Waals surface area contributed by atoms with Crippen molar-refractivity contribution in [3.63, 3.8) is 0 Å². The van der Waals surface area contributed by atoms with E-state index in [0.29, 0.717) is 11.6 Å². The van der Waals surface area contributed by atoms with Gasteiger partial charge in [0, 0.05) is 18.1 Å². The van der Waals surface area contributed by atoms with Crippen LogP contribution in [0.5, 0.6) is 0 Å². The van der Waals surface area contributed by atoms with Gasteiger partial charge in [0.2, 0.25) is 0 Å². The smallest absolute Gasteiger partial charge is 0.0449 e. The summed E-state index contributed by atoms with van der Waals surface area (Å²) in [4.78, 5) is 2.65. The average Bonchev–Trinajstić information content (AvgIpc) is 2.74. The predicted molar refractivity (Wildman–Crippen MR) is 87.1 cm³/mol. The molecule has 1 heterocycles. The van der Waals surface area contributed by atoms with E-state index in [9.17, 15) is 0 Å².